The monoisotopic (exact) mass is 430 g/mol. The van der Waals surface area contributed by atoms with Gasteiger partial charge in [-0.3, -0.25) is 4.98 Å². The number of hydrogen-bond donors (Lipinski definition) is 0. The van der Waals surface area contributed by atoms with Crippen LogP contribution in [0.4, 0.5) is 0 Å². The maximum Gasteiger partial charge on any atom is 0.135 e. The minimum atomic E-state index is -2.13. The molecule has 4 aromatic carbocycles. The Morgan fingerprint density at radius 2 is 1.39 bits per heavy atom. The lowest BCUT2D eigenvalue weighted by Crippen LogP contribution is -1.91. The molecule has 0 aliphatic carbocycles. The van der Waals surface area contributed by atoms with Crippen molar-refractivity contribution in [3.05, 3.63) is 126 Å². The van der Waals surface area contributed by atoms with E-state index in [-0.39, 0.29) is 0 Å². The predicted molar refractivity (Wildman–Crippen MR) is 136 cm³/mol. The fourth-order valence-corrected chi connectivity index (χ4v) is 4.13. The molecule has 6 aromatic rings. The molecule has 0 fully saturated rings. The molecule has 2 heteroatoms. The SMILES string of the molecule is [2H]C([2H])([2H])c1ccc(-c2ccc3oc4ccc(-c5cc(C([2H])([2H])c6ccccc6)ccn5)cc4c3c2)cc1. The standard InChI is InChI=1S/C31H23NO/c1-21-7-9-24(10-8-21)25-11-13-30-27(19-25)28-20-26(12-14-31(28)33-30)29-18-23(15-16-32-29)17-22-5-3-2-4-6-22/h2-16,18-20H,17H2,1H3/i1D3,17D2. The van der Waals surface area contributed by atoms with E-state index in [1.165, 1.54) is 0 Å². The molecular weight excluding hydrogens is 402 g/mol. The highest BCUT2D eigenvalue weighted by Gasteiger charge is 2.11. The second-order valence-electron chi connectivity index (χ2n) is 8.02. The molecule has 0 spiro atoms. The topological polar surface area (TPSA) is 26.0 Å². The summed E-state index contributed by atoms with van der Waals surface area (Å²) in [6, 6.07) is 31.4. The third-order valence-corrected chi connectivity index (χ3v) is 5.81. The van der Waals surface area contributed by atoms with Crippen LogP contribution in [0.1, 0.15) is 23.5 Å². The van der Waals surface area contributed by atoms with Crippen LogP contribution in [0.25, 0.3) is 44.3 Å². The highest BCUT2D eigenvalue weighted by molar-refractivity contribution is 6.07. The first kappa shape index (κ1) is 14.8. The Morgan fingerprint density at radius 1 is 0.697 bits per heavy atom. The van der Waals surface area contributed by atoms with Gasteiger partial charge in [-0.15, -0.1) is 0 Å². The smallest absolute Gasteiger partial charge is 0.135 e. The van der Waals surface area contributed by atoms with Crippen molar-refractivity contribution in [2.24, 2.45) is 0 Å². The molecule has 0 amide bonds. The van der Waals surface area contributed by atoms with Gasteiger partial charge in [0.05, 0.1) is 5.69 Å². The van der Waals surface area contributed by atoms with Gasteiger partial charge >= 0.3 is 0 Å². The van der Waals surface area contributed by atoms with Crippen LogP contribution < -0.4 is 0 Å². The van der Waals surface area contributed by atoms with E-state index in [9.17, 15) is 0 Å². The van der Waals surface area contributed by atoms with Crippen molar-refractivity contribution >= 4 is 21.9 Å². The average molecular weight is 431 g/mol. The number of nitrogens with zero attached hydrogens (tertiary/aromatic N) is 1. The van der Waals surface area contributed by atoms with E-state index in [1.54, 1.807) is 42.6 Å². The third-order valence-electron chi connectivity index (χ3n) is 5.81. The van der Waals surface area contributed by atoms with Gasteiger partial charge in [-0.2, -0.15) is 0 Å². The number of hydrogen-bond acceptors (Lipinski definition) is 2. The molecule has 0 N–H and O–H groups in total. The maximum atomic E-state index is 8.73. The van der Waals surface area contributed by atoms with Crippen LogP contribution in [0.15, 0.2) is 114 Å². The predicted octanol–water partition coefficient (Wildman–Crippen LogP) is 8.21. The molecule has 2 nitrogen and oxygen atoms in total. The summed E-state index contributed by atoms with van der Waals surface area (Å²) in [6.45, 7) is -2.13. The van der Waals surface area contributed by atoms with Crippen LogP contribution in [-0.4, -0.2) is 4.98 Å². The summed E-state index contributed by atoms with van der Waals surface area (Å²) in [5.74, 6) is 0. The Hall–Kier alpha value is -4.17. The van der Waals surface area contributed by atoms with Gasteiger partial charge < -0.3 is 4.42 Å². The van der Waals surface area contributed by atoms with Gasteiger partial charge in [0.1, 0.15) is 11.2 Å². The van der Waals surface area contributed by atoms with Gasteiger partial charge in [0.2, 0.25) is 0 Å². The lowest BCUT2D eigenvalue weighted by molar-refractivity contribution is 0.669. The first-order valence-corrected chi connectivity index (χ1v) is 10.8. The number of aryl methyl sites for hydroxylation is 1. The van der Waals surface area contributed by atoms with Gasteiger partial charge in [0.25, 0.3) is 0 Å². The zero-order chi connectivity index (χ0) is 26.5. The third kappa shape index (κ3) is 3.81. The molecule has 0 aliphatic rings. The van der Waals surface area contributed by atoms with Crippen LogP contribution in [0.3, 0.4) is 0 Å². The van der Waals surface area contributed by atoms with Crippen molar-refractivity contribution < 1.29 is 11.3 Å². The molecule has 33 heavy (non-hydrogen) atoms. The molecule has 0 aliphatic heterocycles. The molecule has 0 radical (unpaired) electrons. The van der Waals surface area contributed by atoms with Crippen molar-refractivity contribution in [1.29, 1.82) is 0 Å². The lowest BCUT2D eigenvalue weighted by Gasteiger charge is -2.06. The molecule has 0 saturated carbocycles. The van der Waals surface area contributed by atoms with Crippen molar-refractivity contribution in [2.75, 3.05) is 0 Å². The number of benzene rings is 4. The summed E-state index contributed by atoms with van der Waals surface area (Å²) in [4.78, 5) is 4.54. The van der Waals surface area contributed by atoms with E-state index in [4.69, 9.17) is 11.3 Å². The van der Waals surface area contributed by atoms with Crippen molar-refractivity contribution in [1.82, 2.24) is 4.98 Å². The van der Waals surface area contributed by atoms with Crippen molar-refractivity contribution in [3.63, 3.8) is 0 Å². The number of aromatic nitrogens is 1. The fourth-order valence-electron chi connectivity index (χ4n) is 4.13. The van der Waals surface area contributed by atoms with Crippen LogP contribution in [0, 0.1) is 6.85 Å². The van der Waals surface area contributed by atoms with E-state index >= 15 is 0 Å². The molecule has 0 unspecified atom stereocenters. The summed E-state index contributed by atoms with van der Waals surface area (Å²) >= 11 is 0. The van der Waals surface area contributed by atoms with Gasteiger partial charge in [-0.25, -0.2) is 0 Å². The highest BCUT2D eigenvalue weighted by Crippen LogP contribution is 2.35. The molecule has 2 aromatic heterocycles. The molecule has 0 bridgehead atoms. The van der Waals surface area contributed by atoms with Crippen molar-refractivity contribution in [2.45, 2.75) is 13.2 Å². The zero-order valence-corrected chi connectivity index (χ0v) is 17.7. The quantitative estimate of drug-likeness (QED) is 0.282. The average Bonchev–Trinajstić information content (AvgIpc) is 3.30. The van der Waals surface area contributed by atoms with Gasteiger partial charge in [0, 0.05) is 29.4 Å². The minimum absolute atomic E-state index is 0.312. The van der Waals surface area contributed by atoms with Crippen molar-refractivity contribution in [3.8, 4) is 22.4 Å². The Balaban J connectivity index is 1.41. The minimum Gasteiger partial charge on any atom is -0.456 e. The number of furan rings is 1. The summed E-state index contributed by atoms with van der Waals surface area (Å²) in [5.41, 5.74) is 6.35. The first-order valence-electron chi connectivity index (χ1n) is 13.3. The fraction of sp³-hybridized carbons (Fsp3) is 0.0645. The van der Waals surface area contributed by atoms with Crippen LogP contribution in [-0.2, 0) is 6.37 Å². The summed E-state index contributed by atoms with van der Waals surface area (Å²) < 4.78 is 46.3. The van der Waals surface area contributed by atoms with E-state index in [2.05, 4.69) is 4.98 Å². The Kier molecular flexibility index (Phi) is 3.62. The number of pyridine rings is 1. The van der Waals surface area contributed by atoms with Gasteiger partial charge in [0.15, 0.2) is 0 Å². The summed E-state index contributed by atoms with van der Waals surface area (Å²) in [7, 11) is 0. The van der Waals surface area contributed by atoms with E-state index in [0.717, 1.165) is 38.6 Å². The van der Waals surface area contributed by atoms with E-state index in [1.807, 2.05) is 66.7 Å². The van der Waals surface area contributed by atoms with Gasteiger partial charge in [-0.1, -0.05) is 66.2 Å². The maximum absolute atomic E-state index is 8.73. The largest absolute Gasteiger partial charge is 0.456 e. The van der Waals surface area contributed by atoms with Crippen LogP contribution in [0.2, 0.25) is 0 Å². The van der Waals surface area contributed by atoms with E-state index in [0.29, 0.717) is 22.4 Å². The second kappa shape index (κ2) is 8.07. The zero-order valence-electron chi connectivity index (χ0n) is 22.7. The molecule has 0 atom stereocenters. The normalized spacial score (nSPS) is 14.4. The summed E-state index contributed by atoms with van der Waals surface area (Å²) in [5, 5.41) is 1.87. The second-order valence-corrected chi connectivity index (χ2v) is 8.02. The molecule has 2 heterocycles. The van der Waals surface area contributed by atoms with Crippen LogP contribution in [0.5, 0.6) is 0 Å². The lowest BCUT2D eigenvalue weighted by atomic mass is 10.00. The Labute approximate surface area is 200 Å². The van der Waals surface area contributed by atoms with Gasteiger partial charge in [-0.05, 0) is 77.9 Å². The van der Waals surface area contributed by atoms with E-state index < -0.39 is 13.2 Å². The molecule has 158 valence electrons. The molecular formula is C31H23NO. The Bertz CT molecular complexity index is 1770. The summed E-state index contributed by atoms with van der Waals surface area (Å²) in [6.07, 6.45) is -0.0144. The Morgan fingerprint density at radius 3 is 2.15 bits per heavy atom. The number of fused-ring (bicyclic) bond motifs is 3. The number of rotatable bonds is 4. The first-order chi connectivity index (χ1) is 18.2. The molecule has 0 saturated heterocycles. The van der Waals surface area contributed by atoms with Crippen LogP contribution >= 0.6 is 0 Å². The molecule has 6 rings (SSSR count). The highest BCUT2D eigenvalue weighted by atomic mass is 16.3.